The Bertz CT molecular complexity index is 348. The number of nitrogens with one attached hydrogen (secondary N) is 1. The van der Waals surface area contributed by atoms with Crippen LogP contribution in [0.4, 0.5) is 4.39 Å². The van der Waals surface area contributed by atoms with Crippen LogP contribution in [0.1, 0.15) is 31.9 Å². The largest absolute Gasteiger partial charge is 0.387 e. The minimum atomic E-state index is -0.651. The monoisotopic (exact) mass is 271 g/mol. The number of aliphatic hydroxyl groups excluding tert-OH is 1. The van der Waals surface area contributed by atoms with Gasteiger partial charge in [-0.25, -0.2) is 4.39 Å². The molecular formula is C14H22FNOS. The fourth-order valence-electron chi connectivity index (χ4n) is 1.65. The van der Waals surface area contributed by atoms with Gasteiger partial charge < -0.3 is 10.4 Å². The van der Waals surface area contributed by atoms with Crippen molar-refractivity contribution in [3.05, 3.63) is 35.6 Å². The molecule has 0 saturated heterocycles. The van der Waals surface area contributed by atoms with Crippen LogP contribution in [0, 0.1) is 5.82 Å². The van der Waals surface area contributed by atoms with Gasteiger partial charge >= 0.3 is 0 Å². The van der Waals surface area contributed by atoms with Gasteiger partial charge in [0.1, 0.15) is 5.82 Å². The quantitative estimate of drug-likeness (QED) is 0.713. The van der Waals surface area contributed by atoms with Crippen molar-refractivity contribution in [1.82, 2.24) is 5.32 Å². The summed E-state index contributed by atoms with van der Waals surface area (Å²) in [5.41, 5.74) is 0.623. The molecule has 0 saturated carbocycles. The van der Waals surface area contributed by atoms with Crippen LogP contribution in [0.3, 0.4) is 0 Å². The van der Waals surface area contributed by atoms with Gasteiger partial charge in [0, 0.05) is 12.6 Å². The molecule has 0 fully saturated rings. The lowest BCUT2D eigenvalue weighted by molar-refractivity contribution is 0.170. The lowest BCUT2D eigenvalue weighted by Gasteiger charge is -2.17. The highest BCUT2D eigenvalue weighted by molar-refractivity contribution is 7.99. The van der Waals surface area contributed by atoms with E-state index in [9.17, 15) is 9.50 Å². The zero-order valence-electron chi connectivity index (χ0n) is 11.0. The summed E-state index contributed by atoms with van der Waals surface area (Å²) in [5.74, 6) is 1.96. The molecule has 1 aromatic rings. The predicted molar refractivity (Wildman–Crippen MR) is 76.4 cm³/mol. The molecule has 2 unspecified atom stereocenters. The van der Waals surface area contributed by atoms with Crippen molar-refractivity contribution >= 4 is 11.8 Å². The molecule has 0 heterocycles. The molecule has 0 amide bonds. The molecule has 2 N–H and O–H groups in total. The van der Waals surface area contributed by atoms with E-state index in [1.165, 1.54) is 12.1 Å². The van der Waals surface area contributed by atoms with E-state index in [-0.39, 0.29) is 5.82 Å². The Morgan fingerprint density at radius 2 is 2.22 bits per heavy atom. The first-order chi connectivity index (χ1) is 8.63. The predicted octanol–water partition coefficient (Wildman–Crippen LogP) is 2.98. The Kier molecular flexibility index (Phi) is 7.32. The fraction of sp³-hybridized carbons (Fsp3) is 0.571. The average Bonchev–Trinajstić information content (AvgIpc) is 2.36. The second-order valence-electron chi connectivity index (χ2n) is 4.37. The van der Waals surface area contributed by atoms with Crippen LogP contribution in [-0.2, 0) is 0 Å². The molecule has 4 heteroatoms. The molecule has 0 aliphatic rings. The minimum absolute atomic E-state index is 0.307. The van der Waals surface area contributed by atoms with E-state index in [4.69, 9.17) is 0 Å². The molecule has 0 spiro atoms. The standard InChI is InChI=1S/C14H22FNOS/c1-3-18-8-7-11(2)16-10-14(17)12-5-4-6-13(15)9-12/h4-6,9,11,14,16-17H,3,7-8,10H2,1-2H3. The summed E-state index contributed by atoms with van der Waals surface area (Å²) in [6.07, 6.45) is 0.427. The van der Waals surface area contributed by atoms with Crippen LogP contribution >= 0.6 is 11.8 Å². The van der Waals surface area contributed by atoms with E-state index in [1.807, 2.05) is 11.8 Å². The van der Waals surface area contributed by atoms with Gasteiger partial charge in [0.25, 0.3) is 0 Å². The van der Waals surface area contributed by atoms with Crippen molar-refractivity contribution in [2.45, 2.75) is 32.4 Å². The van der Waals surface area contributed by atoms with E-state index in [1.54, 1.807) is 12.1 Å². The summed E-state index contributed by atoms with van der Waals surface area (Å²) >= 11 is 1.92. The van der Waals surface area contributed by atoms with Gasteiger partial charge in [-0.05, 0) is 42.5 Å². The maximum atomic E-state index is 13.0. The van der Waals surface area contributed by atoms with Crippen molar-refractivity contribution in [3.8, 4) is 0 Å². The third-order valence-corrected chi connectivity index (χ3v) is 3.73. The molecular weight excluding hydrogens is 249 g/mol. The first kappa shape index (κ1) is 15.5. The number of hydrogen-bond donors (Lipinski definition) is 2. The van der Waals surface area contributed by atoms with Crippen LogP contribution in [0.15, 0.2) is 24.3 Å². The maximum Gasteiger partial charge on any atom is 0.123 e. The van der Waals surface area contributed by atoms with E-state index >= 15 is 0 Å². The number of rotatable bonds is 8. The van der Waals surface area contributed by atoms with Gasteiger partial charge in [-0.2, -0.15) is 11.8 Å². The lowest BCUT2D eigenvalue weighted by Crippen LogP contribution is -2.30. The molecule has 1 aromatic carbocycles. The second-order valence-corrected chi connectivity index (χ2v) is 5.76. The normalized spacial score (nSPS) is 14.4. The maximum absolute atomic E-state index is 13.0. The fourth-order valence-corrected chi connectivity index (χ4v) is 2.46. The molecule has 2 atom stereocenters. The third-order valence-electron chi connectivity index (χ3n) is 2.79. The number of halogens is 1. The Morgan fingerprint density at radius 3 is 2.89 bits per heavy atom. The molecule has 1 rings (SSSR count). The van der Waals surface area contributed by atoms with Crippen molar-refractivity contribution in [1.29, 1.82) is 0 Å². The van der Waals surface area contributed by atoms with E-state index in [2.05, 4.69) is 19.2 Å². The first-order valence-electron chi connectivity index (χ1n) is 6.38. The Labute approximate surface area is 113 Å². The van der Waals surface area contributed by atoms with Crippen LogP contribution in [0.5, 0.6) is 0 Å². The summed E-state index contributed by atoms with van der Waals surface area (Å²) < 4.78 is 13.0. The zero-order chi connectivity index (χ0) is 13.4. The van der Waals surface area contributed by atoms with Crippen LogP contribution in [0.25, 0.3) is 0 Å². The summed E-state index contributed by atoms with van der Waals surface area (Å²) in [7, 11) is 0. The minimum Gasteiger partial charge on any atom is -0.387 e. The van der Waals surface area contributed by atoms with Crippen molar-refractivity contribution < 1.29 is 9.50 Å². The SMILES string of the molecule is CCSCCC(C)NCC(O)c1cccc(F)c1. The first-order valence-corrected chi connectivity index (χ1v) is 7.53. The Balaban J connectivity index is 2.30. The topological polar surface area (TPSA) is 32.3 Å². The molecule has 2 nitrogen and oxygen atoms in total. The molecule has 0 radical (unpaired) electrons. The lowest BCUT2D eigenvalue weighted by atomic mass is 10.1. The third kappa shape index (κ3) is 5.85. The zero-order valence-corrected chi connectivity index (χ0v) is 11.8. The number of hydrogen-bond acceptors (Lipinski definition) is 3. The van der Waals surface area contributed by atoms with Gasteiger partial charge in [0.05, 0.1) is 6.10 Å². The van der Waals surface area contributed by atoms with Gasteiger partial charge in [-0.1, -0.05) is 19.1 Å². The molecule has 0 aliphatic carbocycles. The van der Waals surface area contributed by atoms with Crippen molar-refractivity contribution in [2.75, 3.05) is 18.1 Å². The van der Waals surface area contributed by atoms with Crippen LogP contribution < -0.4 is 5.32 Å². The van der Waals surface area contributed by atoms with E-state index < -0.39 is 6.10 Å². The summed E-state index contributed by atoms with van der Waals surface area (Å²) in [4.78, 5) is 0. The molecule has 0 aliphatic heterocycles. The second kappa shape index (κ2) is 8.51. The molecule has 102 valence electrons. The van der Waals surface area contributed by atoms with Gasteiger partial charge in [0.15, 0.2) is 0 Å². The molecule has 0 bridgehead atoms. The van der Waals surface area contributed by atoms with Crippen LogP contribution in [0.2, 0.25) is 0 Å². The number of benzene rings is 1. The van der Waals surface area contributed by atoms with E-state index in [0.717, 1.165) is 17.9 Å². The van der Waals surface area contributed by atoms with Crippen molar-refractivity contribution in [2.24, 2.45) is 0 Å². The highest BCUT2D eigenvalue weighted by Crippen LogP contribution is 2.13. The Hall–Kier alpha value is -0.580. The highest BCUT2D eigenvalue weighted by Gasteiger charge is 2.09. The number of thioether (sulfide) groups is 1. The summed E-state index contributed by atoms with van der Waals surface area (Å²) in [6.45, 7) is 4.71. The molecule has 18 heavy (non-hydrogen) atoms. The summed E-state index contributed by atoms with van der Waals surface area (Å²) in [5, 5.41) is 13.2. The summed E-state index contributed by atoms with van der Waals surface area (Å²) in [6, 6.07) is 6.49. The van der Waals surface area contributed by atoms with Gasteiger partial charge in [-0.15, -0.1) is 0 Å². The van der Waals surface area contributed by atoms with Gasteiger partial charge in [-0.3, -0.25) is 0 Å². The number of aliphatic hydroxyl groups is 1. The Morgan fingerprint density at radius 1 is 1.44 bits per heavy atom. The highest BCUT2D eigenvalue weighted by atomic mass is 32.2. The average molecular weight is 271 g/mol. The van der Waals surface area contributed by atoms with E-state index in [0.29, 0.717) is 18.2 Å². The molecule has 0 aromatic heterocycles. The smallest absolute Gasteiger partial charge is 0.123 e. The van der Waals surface area contributed by atoms with Gasteiger partial charge in [0.2, 0.25) is 0 Å². The van der Waals surface area contributed by atoms with Crippen molar-refractivity contribution in [3.63, 3.8) is 0 Å². The van der Waals surface area contributed by atoms with Crippen LogP contribution in [-0.4, -0.2) is 29.2 Å².